The van der Waals surface area contributed by atoms with Gasteiger partial charge in [0.25, 0.3) is 0 Å². The number of fused-ring (bicyclic) bond motifs is 7. The maximum Gasteiger partial charge on any atom is 0.227 e. The zero-order chi connectivity index (χ0) is 35.6. The smallest absolute Gasteiger partial charge is 0.227 e. The average molecular weight is 694 g/mol. The molecule has 0 aliphatic carbocycles. The SMILES string of the molecule is c1ccc(-c2nc3cc4oc5ccccc5c4c(N(c4ccc5c(c4)c4ccccc4n5-c4ccccc4)c4ccccc4-c4ccccc4)c3o2)cc1. The molecule has 0 unspecified atom stereocenters. The fourth-order valence-electron chi connectivity index (χ4n) is 8.04. The van der Waals surface area contributed by atoms with E-state index in [1.54, 1.807) is 0 Å². The lowest BCUT2D eigenvalue weighted by atomic mass is 10.00. The Labute approximate surface area is 310 Å². The van der Waals surface area contributed by atoms with Gasteiger partial charge in [0.2, 0.25) is 5.89 Å². The summed E-state index contributed by atoms with van der Waals surface area (Å²) in [6.45, 7) is 0. The number of para-hydroxylation sites is 4. The lowest BCUT2D eigenvalue weighted by molar-refractivity contribution is 0.620. The Bertz CT molecular complexity index is 3160. The summed E-state index contributed by atoms with van der Waals surface area (Å²) in [5.74, 6) is 0.557. The summed E-state index contributed by atoms with van der Waals surface area (Å²) in [5, 5.41) is 4.30. The molecule has 0 saturated carbocycles. The van der Waals surface area contributed by atoms with Crippen molar-refractivity contribution in [1.82, 2.24) is 9.55 Å². The second-order valence-electron chi connectivity index (χ2n) is 13.5. The summed E-state index contributed by atoms with van der Waals surface area (Å²) < 4.78 is 15.9. The van der Waals surface area contributed by atoms with Crippen LogP contribution in [0.2, 0.25) is 0 Å². The Hall–Kier alpha value is -7.37. The van der Waals surface area contributed by atoms with E-state index in [2.05, 4.69) is 149 Å². The van der Waals surface area contributed by atoms with Crippen molar-refractivity contribution in [2.75, 3.05) is 4.90 Å². The molecule has 0 atom stereocenters. The van der Waals surface area contributed by atoms with Gasteiger partial charge in [-0.15, -0.1) is 0 Å². The molecule has 0 N–H and O–H groups in total. The number of nitrogens with zero attached hydrogens (tertiary/aromatic N) is 3. The zero-order valence-corrected chi connectivity index (χ0v) is 29.1. The summed E-state index contributed by atoms with van der Waals surface area (Å²) in [4.78, 5) is 7.44. The van der Waals surface area contributed by atoms with Crippen LogP contribution in [0.4, 0.5) is 17.1 Å². The number of anilines is 3. The normalized spacial score (nSPS) is 11.7. The van der Waals surface area contributed by atoms with Crippen LogP contribution in [0.15, 0.2) is 197 Å². The van der Waals surface area contributed by atoms with E-state index in [1.807, 2.05) is 48.5 Å². The highest BCUT2D eigenvalue weighted by Crippen LogP contribution is 2.50. The van der Waals surface area contributed by atoms with Crippen LogP contribution in [0.3, 0.4) is 0 Å². The molecule has 5 heteroatoms. The van der Waals surface area contributed by atoms with Crippen LogP contribution in [0.1, 0.15) is 0 Å². The number of aromatic nitrogens is 2. The fourth-order valence-corrected chi connectivity index (χ4v) is 8.04. The van der Waals surface area contributed by atoms with E-state index in [4.69, 9.17) is 13.8 Å². The monoisotopic (exact) mass is 693 g/mol. The molecule has 0 fully saturated rings. The Kier molecular flexibility index (Phi) is 6.79. The molecule has 0 amide bonds. The van der Waals surface area contributed by atoms with Crippen LogP contribution >= 0.6 is 0 Å². The highest BCUT2D eigenvalue weighted by atomic mass is 16.4. The van der Waals surface area contributed by atoms with Gasteiger partial charge < -0.3 is 18.3 Å². The van der Waals surface area contributed by atoms with Crippen molar-refractivity contribution >= 4 is 71.9 Å². The van der Waals surface area contributed by atoms with Gasteiger partial charge in [0.05, 0.1) is 22.1 Å². The molecule has 3 aromatic heterocycles. The molecule has 0 radical (unpaired) electrons. The van der Waals surface area contributed by atoms with Crippen molar-refractivity contribution in [2.24, 2.45) is 0 Å². The number of rotatable bonds is 6. The summed E-state index contributed by atoms with van der Waals surface area (Å²) in [6.07, 6.45) is 0. The van der Waals surface area contributed by atoms with E-state index >= 15 is 0 Å². The van der Waals surface area contributed by atoms with Crippen LogP contribution in [-0.2, 0) is 0 Å². The standard InChI is InChI=1S/C49H31N3O2/c1-4-16-32(17-5-1)36-22-10-13-25-41(36)52(35-28-29-43-39(30-35)37-23-11-14-26-42(37)51(43)34-20-8-3-9-21-34)47-46-38-24-12-15-27-44(38)53-45(46)31-40-48(47)54-49(50-40)33-18-6-2-7-19-33/h1-31H. The first-order valence-corrected chi connectivity index (χ1v) is 18.1. The largest absolute Gasteiger partial charge is 0.456 e. The highest BCUT2D eigenvalue weighted by molar-refractivity contribution is 6.21. The van der Waals surface area contributed by atoms with Gasteiger partial charge in [0.15, 0.2) is 5.58 Å². The third kappa shape index (κ3) is 4.69. The molecule has 5 nitrogen and oxygen atoms in total. The first-order valence-electron chi connectivity index (χ1n) is 18.1. The summed E-state index contributed by atoms with van der Waals surface area (Å²) in [5.41, 5.74) is 12.3. The van der Waals surface area contributed by atoms with Crippen LogP contribution in [0.5, 0.6) is 0 Å². The van der Waals surface area contributed by atoms with Crippen molar-refractivity contribution in [3.8, 4) is 28.3 Å². The van der Waals surface area contributed by atoms with Gasteiger partial charge in [-0.05, 0) is 66.2 Å². The molecule has 11 aromatic rings. The minimum Gasteiger partial charge on any atom is -0.456 e. The third-order valence-corrected chi connectivity index (χ3v) is 10.4. The second-order valence-corrected chi connectivity index (χ2v) is 13.5. The number of oxazole rings is 1. The maximum absolute atomic E-state index is 6.90. The van der Waals surface area contributed by atoms with Gasteiger partial charge >= 0.3 is 0 Å². The van der Waals surface area contributed by atoms with Crippen LogP contribution in [-0.4, -0.2) is 9.55 Å². The lowest BCUT2D eigenvalue weighted by Crippen LogP contribution is -2.12. The third-order valence-electron chi connectivity index (χ3n) is 10.4. The maximum atomic E-state index is 6.90. The molecule has 8 aromatic carbocycles. The molecule has 0 saturated heterocycles. The Morgan fingerprint density at radius 1 is 0.481 bits per heavy atom. The Balaban J connectivity index is 1.28. The first kappa shape index (κ1) is 30.3. The van der Waals surface area contributed by atoms with Gasteiger partial charge in [-0.25, -0.2) is 4.98 Å². The van der Waals surface area contributed by atoms with Crippen molar-refractivity contribution in [1.29, 1.82) is 0 Å². The fraction of sp³-hybridized carbons (Fsp3) is 0. The molecule has 254 valence electrons. The van der Waals surface area contributed by atoms with E-state index in [1.165, 1.54) is 5.39 Å². The van der Waals surface area contributed by atoms with E-state index in [-0.39, 0.29) is 0 Å². The minimum absolute atomic E-state index is 0.557. The molecular formula is C49H31N3O2. The molecular weight excluding hydrogens is 663 g/mol. The Morgan fingerprint density at radius 3 is 1.94 bits per heavy atom. The quantitative estimate of drug-likeness (QED) is 0.174. The van der Waals surface area contributed by atoms with Gasteiger partial charge in [-0.2, -0.15) is 0 Å². The van der Waals surface area contributed by atoms with Crippen LogP contribution < -0.4 is 4.90 Å². The van der Waals surface area contributed by atoms with E-state index < -0.39 is 0 Å². The topological polar surface area (TPSA) is 47.3 Å². The van der Waals surface area contributed by atoms with E-state index in [0.717, 1.165) is 83.3 Å². The van der Waals surface area contributed by atoms with Crippen molar-refractivity contribution in [3.63, 3.8) is 0 Å². The molecule has 0 spiro atoms. The van der Waals surface area contributed by atoms with Crippen LogP contribution in [0.25, 0.3) is 83.1 Å². The predicted octanol–water partition coefficient (Wildman–Crippen LogP) is 13.6. The van der Waals surface area contributed by atoms with E-state index in [0.29, 0.717) is 11.5 Å². The molecule has 54 heavy (non-hydrogen) atoms. The van der Waals surface area contributed by atoms with Crippen LogP contribution in [0, 0.1) is 0 Å². The number of hydrogen-bond acceptors (Lipinski definition) is 4. The summed E-state index contributed by atoms with van der Waals surface area (Å²) in [7, 11) is 0. The number of benzene rings is 8. The lowest BCUT2D eigenvalue weighted by Gasteiger charge is -2.28. The van der Waals surface area contributed by atoms with E-state index in [9.17, 15) is 0 Å². The molecule has 0 bridgehead atoms. The molecule has 3 heterocycles. The van der Waals surface area contributed by atoms with Crippen molar-refractivity contribution in [2.45, 2.75) is 0 Å². The van der Waals surface area contributed by atoms with Gasteiger partial charge in [0, 0.05) is 44.7 Å². The number of furan rings is 1. The highest BCUT2D eigenvalue weighted by Gasteiger charge is 2.28. The average Bonchev–Trinajstić information content (AvgIpc) is 3.94. The van der Waals surface area contributed by atoms with Gasteiger partial charge in [-0.1, -0.05) is 121 Å². The number of hydrogen-bond donors (Lipinski definition) is 0. The minimum atomic E-state index is 0.557. The summed E-state index contributed by atoms with van der Waals surface area (Å²) >= 11 is 0. The van der Waals surface area contributed by atoms with Gasteiger partial charge in [0.1, 0.15) is 22.4 Å². The second kappa shape index (κ2) is 12.1. The van der Waals surface area contributed by atoms with Crippen molar-refractivity contribution in [3.05, 3.63) is 188 Å². The zero-order valence-electron chi connectivity index (χ0n) is 29.1. The molecule has 11 rings (SSSR count). The predicted molar refractivity (Wildman–Crippen MR) is 221 cm³/mol. The Morgan fingerprint density at radius 2 is 1.13 bits per heavy atom. The summed E-state index contributed by atoms with van der Waals surface area (Å²) in [6, 6.07) is 65.5. The molecule has 0 aliphatic heterocycles. The van der Waals surface area contributed by atoms with Gasteiger partial charge in [-0.3, -0.25) is 0 Å². The molecule has 0 aliphatic rings. The van der Waals surface area contributed by atoms with Crippen molar-refractivity contribution < 1.29 is 8.83 Å². The first-order chi connectivity index (χ1) is 26.8.